The lowest BCUT2D eigenvalue weighted by Crippen LogP contribution is -2.39. The summed E-state index contributed by atoms with van der Waals surface area (Å²) in [5.74, 6) is -0.696. The first-order chi connectivity index (χ1) is 5.00. The van der Waals surface area contributed by atoms with E-state index in [0.29, 0.717) is 0 Å². The minimum Gasteiger partial charge on any atom is -0.510 e. The molecule has 4 N–H and O–H groups in total. The van der Waals surface area contributed by atoms with Crippen molar-refractivity contribution in [2.75, 3.05) is 0 Å². The molecule has 0 aromatic rings. The van der Waals surface area contributed by atoms with Crippen LogP contribution in [-0.2, 0) is 4.79 Å². The predicted molar refractivity (Wildman–Crippen MR) is 35.9 cm³/mol. The van der Waals surface area contributed by atoms with Gasteiger partial charge in [0.05, 0.1) is 0 Å². The first kappa shape index (κ1) is 10.1. The topological polar surface area (TPSA) is 98.0 Å². The average Bonchev–Trinajstić information content (AvgIpc) is 2.00. The smallest absolute Gasteiger partial charge is 0.151 e. The summed E-state index contributed by atoms with van der Waals surface area (Å²) in [6, 6.07) is 0. The number of carbonyl (C=O) groups excluding carboxylic acids is 1. The molecule has 0 saturated heterocycles. The van der Waals surface area contributed by atoms with Crippen LogP contribution in [0.4, 0.5) is 0 Å². The molecule has 0 bridgehead atoms. The van der Waals surface area contributed by atoms with Gasteiger partial charge in [-0.1, -0.05) is 6.58 Å². The van der Waals surface area contributed by atoms with Crippen LogP contribution < -0.4 is 0 Å². The minimum absolute atomic E-state index is 0.0524. The van der Waals surface area contributed by atoms with Crippen LogP contribution >= 0.6 is 0 Å². The quantitative estimate of drug-likeness (QED) is 0.293. The molecule has 0 amide bonds. The highest BCUT2D eigenvalue weighted by Gasteiger charge is 2.25. The summed E-state index contributed by atoms with van der Waals surface area (Å²) < 4.78 is 0. The van der Waals surface area contributed by atoms with Crippen LogP contribution in [0.25, 0.3) is 0 Å². The van der Waals surface area contributed by atoms with Crippen LogP contribution in [0, 0.1) is 0 Å². The van der Waals surface area contributed by atoms with E-state index in [9.17, 15) is 4.79 Å². The SMILES string of the molecule is C=C(O)[C@@H](O)[C@H](O)[C@@H](O)C=O. The molecule has 11 heavy (non-hydrogen) atoms. The molecule has 3 atom stereocenters. The summed E-state index contributed by atoms with van der Waals surface area (Å²) in [5.41, 5.74) is 0. The van der Waals surface area contributed by atoms with Gasteiger partial charge in [0.2, 0.25) is 0 Å². The van der Waals surface area contributed by atoms with Crippen LogP contribution in [0.2, 0.25) is 0 Å². The fourth-order valence-electron chi connectivity index (χ4n) is 0.464. The van der Waals surface area contributed by atoms with E-state index >= 15 is 0 Å². The van der Waals surface area contributed by atoms with Crippen molar-refractivity contribution in [2.24, 2.45) is 0 Å². The Morgan fingerprint density at radius 3 is 2.09 bits per heavy atom. The standard InChI is InChI=1S/C6H10O5/c1-3(8)5(10)6(11)4(9)2-7/h2,4-6,8-11H,1H2/t4-,5+,6+/m0/s1. The van der Waals surface area contributed by atoms with E-state index < -0.39 is 24.1 Å². The van der Waals surface area contributed by atoms with Gasteiger partial charge in [-0.05, 0) is 0 Å². The Labute approximate surface area is 63.2 Å². The maximum absolute atomic E-state index is 9.84. The molecule has 0 rings (SSSR count). The van der Waals surface area contributed by atoms with Crippen LogP contribution in [-0.4, -0.2) is 45.0 Å². The second kappa shape index (κ2) is 4.07. The second-order valence-corrected chi connectivity index (χ2v) is 2.05. The molecule has 0 fully saturated rings. The Morgan fingerprint density at radius 1 is 1.36 bits per heavy atom. The fraction of sp³-hybridized carbons (Fsp3) is 0.500. The Kier molecular flexibility index (Phi) is 3.73. The van der Waals surface area contributed by atoms with Crippen molar-refractivity contribution in [2.45, 2.75) is 18.3 Å². The highest BCUT2D eigenvalue weighted by molar-refractivity contribution is 5.56. The van der Waals surface area contributed by atoms with Crippen molar-refractivity contribution in [3.8, 4) is 0 Å². The molecule has 64 valence electrons. The summed E-state index contributed by atoms with van der Waals surface area (Å²) in [7, 11) is 0. The molecule has 0 unspecified atom stereocenters. The predicted octanol–water partition coefficient (Wildman–Crippen LogP) is -1.66. The summed E-state index contributed by atoms with van der Waals surface area (Å²) in [4.78, 5) is 9.84. The van der Waals surface area contributed by atoms with E-state index in [1.54, 1.807) is 0 Å². The first-order valence-electron chi connectivity index (χ1n) is 2.88. The van der Waals surface area contributed by atoms with Gasteiger partial charge in [0, 0.05) is 0 Å². The van der Waals surface area contributed by atoms with Gasteiger partial charge in [0.25, 0.3) is 0 Å². The number of aldehydes is 1. The summed E-state index contributed by atoms with van der Waals surface area (Å²) in [6.45, 7) is 2.91. The Morgan fingerprint density at radius 2 is 1.82 bits per heavy atom. The van der Waals surface area contributed by atoms with Crippen LogP contribution in [0.3, 0.4) is 0 Å². The molecule has 5 nitrogen and oxygen atoms in total. The Bertz CT molecular complexity index is 155. The third-order valence-corrected chi connectivity index (χ3v) is 1.15. The zero-order valence-corrected chi connectivity index (χ0v) is 5.71. The minimum atomic E-state index is -1.73. The van der Waals surface area contributed by atoms with Crippen molar-refractivity contribution < 1.29 is 25.2 Å². The van der Waals surface area contributed by atoms with Crippen molar-refractivity contribution in [1.29, 1.82) is 0 Å². The molecule has 5 heteroatoms. The average molecular weight is 162 g/mol. The fourth-order valence-corrected chi connectivity index (χ4v) is 0.464. The molecule has 0 spiro atoms. The van der Waals surface area contributed by atoms with E-state index in [2.05, 4.69) is 6.58 Å². The van der Waals surface area contributed by atoms with Gasteiger partial charge in [0.1, 0.15) is 24.1 Å². The molecule has 0 aliphatic rings. The Balaban J connectivity index is 4.11. The molecule has 0 heterocycles. The van der Waals surface area contributed by atoms with E-state index in [-0.39, 0.29) is 6.29 Å². The number of carbonyl (C=O) groups is 1. The van der Waals surface area contributed by atoms with Crippen LogP contribution in [0.5, 0.6) is 0 Å². The molecule has 0 aromatic heterocycles. The summed E-state index contributed by atoms with van der Waals surface area (Å²) in [5, 5.41) is 34.7. The summed E-state index contributed by atoms with van der Waals surface area (Å²) in [6.07, 6.45) is -5.09. The normalized spacial score (nSPS) is 18.5. The molecular weight excluding hydrogens is 152 g/mol. The highest BCUT2D eigenvalue weighted by Crippen LogP contribution is 2.04. The number of aliphatic hydroxyl groups is 4. The van der Waals surface area contributed by atoms with E-state index in [0.717, 1.165) is 0 Å². The van der Waals surface area contributed by atoms with Gasteiger partial charge in [-0.15, -0.1) is 0 Å². The number of hydrogen-bond acceptors (Lipinski definition) is 5. The van der Waals surface area contributed by atoms with Gasteiger partial charge in [-0.2, -0.15) is 0 Å². The molecule has 0 radical (unpaired) electrons. The lowest BCUT2D eigenvalue weighted by Gasteiger charge is -2.17. The number of hydrogen-bond donors (Lipinski definition) is 4. The summed E-state index contributed by atoms with van der Waals surface area (Å²) >= 11 is 0. The van der Waals surface area contributed by atoms with Crippen LogP contribution in [0.15, 0.2) is 12.3 Å². The molecule has 0 aliphatic carbocycles. The number of aliphatic hydroxyl groups excluding tert-OH is 4. The lowest BCUT2D eigenvalue weighted by molar-refractivity contribution is -0.125. The van der Waals surface area contributed by atoms with Gasteiger partial charge >= 0.3 is 0 Å². The third kappa shape index (κ3) is 2.67. The third-order valence-electron chi connectivity index (χ3n) is 1.15. The van der Waals surface area contributed by atoms with E-state index in [1.807, 2.05) is 0 Å². The molecule has 0 aliphatic heterocycles. The molecule has 0 saturated carbocycles. The van der Waals surface area contributed by atoms with Gasteiger partial charge < -0.3 is 25.2 Å². The van der Waals surface area contributed by atoms with Crippen molar-refractivity contribution in [3.63, 3.8) is 0 Å². The van der Waals surface area contributed by atoms with Crippen molar-refractivity contribution >= 4 is 6.29 Å². The zero-order valence-electron chi connectivity index (χ0n) is 5.71. The largest absolute Gasteiger partial charge is 0.510 e. The second-order valence-electron chi connectivity index (χ2n) is 2.05. The number of rotatable bonds is 4. The zero-order chi connectivity index (χ0) is 9.02. The maximum atomic E-state index is 9.84. The first-order valence-corrected chi connectivity index (χ1v) is 2.88. The van der Waals surface area contributed by atoms with Gasteiger partial charge in [0.15, 0.2) is 6.29 Å². The van der Waals surface area contributed by atoms with Crippen molar-refractivity contribution in [1.82, 2.24) is 0 Å². The molecule has 0 aromatic carbocycles. The monoisotopic (exact) mass is 162 g/mol. The van der Waals surface area contributed by atoms with E-state index in [4.69, 9.17) is 20.4 Å². The van der Waals surface area contributed by atoms with Crippen LogP contribution in [0.1, 0.15) is 0 Å². The lowest BCUT2D eigenvalue weighted by atomic mass is 10.1. The van der Waals surface area contributed by atoms with Gasteiger partial charge in [-0.3, -0.25) is 0 Å². The Hall–Kier alpha value is -0.910. The van der Waals surface area contributed by atoms with Crippen molar-refractivity contribution in [3.05, 3.63) is 12.3 Å². The van der Waals surface area contributed by atoms with E-state index in [1.165, 1.54) is 0 Å². The highest BCUT2D eigenvalue weighted by atomic mass is 16.4. The molecular formula is C6H10O5. The maximum Gasteiger partial charge on any atom is 0.151 e. The van der Waals surface area contributed by atoms with Gasteiger partial charge in [-0.25, -0.2) is 0 Å².